The number of amides is 1. The molecule has 2 aromatic carbocycles. The highest BCUT2D eigenvalue weighted by atomic mass is 32.2. The fourth-order valence-corrected chi connectivity index (χ4v) is 6.28. The van der Waals surface area contributed by atoms with E-state index < -0.39 is 10.0 Å². The number of halogens is 1. The standard InChI is InChI=1S/C23H28FN3O3S/c1-26-16-18(23(28)25-20-9-7-19(24)8-10-20)15-22(26)17-11-13-27(14-12-17)31(29,30)21-5-3-2-4-6-21/h2-10,17-18,22H,11-16H2,1H3,(H,25,28)/t18-,22+/m1/s1. The van der Waals surface area contributed by atoms with Crippen LogP contribution < -0.4 is 5.32 Å². The van der Waals surface area contributed by atoms with Gasteiger partial charge in [-0.05, 0) is 68.6 Å². The maximum atomic E-state index is 13.1. The van der Waals surface area contributed by atoms with Crippen LogP contribution in [0.3, 0.4) is 0 Å². The summed E-state index contributed by atoms with van der Waals surface area (Å²) in [5.41, 5.74) is 0.594. The predicted molar refractivity (Wildman–Crippen MR) is 117 cm³/mol. The lowest BCUT2D eigenvalue weighted by Gasteiger charge is -2.36. The van der Waals surface area contributed by atoms with Crippen molar-refractivity contribution in [2.24, 2.45) is 11.8 Å². The molecule has 2 aliphatic heterocycles. The minimum absolute atomic E-state index is 0.0509. The molecule has 0 saturated carbocycles. The van der Waals surface area contributed by atoms with Crippen molar-refractivity contribution in [2.45, 2.75) is 30.2 Å². The van der Waals surface area contributed by atoms with Crippen molar-refractivity contribution in [2.75, 3.05) is 32.0 Å². The molecule has 4 rings (SSSR count). The van der Waals surface area contributed by atoms with Gasteiger partial charge in [0.2, 0.25) is 15.9 Å². The van der Waals surface area contributed by atoms with Crippen LogP contribution in [-0.2, 0) is 14.8 Å². The van der Waals surface area contributed by atoms with Gasteiger partial charge in [0.1, 0.15) is 5.82 Å². The normalized spacial score (nSPS) is 23.7. The third-order valence-corrected chi connectivity index (χ3v) is 8.42. The van der Waals surface area contributed by atoms with Crippen molar-refractivity contribution in [1.82, 2.24) is 9.21 Å². The average Bonchev–Trinajstić information content (AvgIpc) is 3.18. The van der Waals surface area contributed by atoms with Crippen molar-refractivity contribution in [3.8, 4) is 0 Å². The first-order chi connectivity index (χ1) is 14.8. The highest BCUT2D eigenvalue weighted by Gasteiger charge is 2.40. The number of anilines is 1. The molecule has 6 nitrogen and oxygen atoms in total. The molecule has 0 unspecified atom stereocenters. The van der Waals surface area contributed by atoms with Crippen LogP contribution in [0.2, 0.25) is 0 Å². The maximum absolute atomic E-state index is 13.1. The van der Waals surface area contributed by atoms with Gasteiger partial charge in [0, 0.05) is 31.4 Å². The van der Waals surface area contributed by atoms with Crippen molar-refractivity contribution in [3.05, 3.63) is 60.4 Å². The molecule has 0 bridgehead atoms. The van der Waals surface area contributed by atoms with Crippen LogP contribution in [0.4, 0.5) is 10.1 Å². The Bertz CT molecular complexity index is 1010. The Balaban J connectivity index is 1.34. The third kappa shape index (κ3) is 4.81. The Kier molecular flexibility index (Phi) is 6.41. The zero-order chi connectivity index (χ0) is 22.0. The second-order valence-corrected chi connectivity index (χ2v) is 10.4. The van der Waals surface area contributed by atoms with E-state index in [9.17, 15) is 17.6 Å². The monoisotopic (exact) mass is 445 g/mol. The van der Waals surface area contributed by atoms with Crippen molar-refractivity contribution >= 4 is 21.6 Å². The summed E-state index contributed by atoms with van der Waals surface area (Å²) in [5.74, 6) is -0.161. The molecule has 1 N–H and O–H groups in total. The molecule has 1 amide bonds. The quantitative estimate of drug-likeness (QED) is 0.768. The second kappa shape index (κ2) is 9.06. The van der Waals surface area contributed by atoms with E-state index in [0.717, 1.165) is 19.3 Å². The van der Waals surface area contributed by atoms with Gasteiger partial charge < -0.3 is 10.2 Å². The molecule has 8 heteroatoms. The van der Waals surface area contributed by atoms with Gasteiger partial charge in [-0.15, -0.1) is 0 Å². The zero-order valence-electron chi connectivity index (χ0n) is 17.6. The summed E-state index contributed by atoms with van der Waals surface area (Å²) in [6, 6.07) is 14.6. The SMILES string of the molecule is CN1C[C@H](C(=O)Nc2ccc(F)cc2)C[C@H]1C1CCN(S(=O)(=O)c2ccccc2)CC1. The first kappa shape index (κ1) is 21.9. The zero-order valence-corrected chi connectivity index (χ0v) is 18.4. The lowest BCUT2D eigenvalue weighted by atomic mass is 9.87. The van der Waals surface area contributed by atoms with Crippen molar-refractivity contribution < 1.29 is 17.6 Å². The first-order valence-electron chi connectivity index (χ1n) is 10.7. The van der Waals surface area contributed by atoms with E-state index in [0.29, 0.717) is 36.1 Å². The molecule has 0 aliphatic carbocycles. The molecule has 0 aromatic heterocycles. The molecular weight excluding hydrogens is 417 g/mol. The number of piperidine rings is 1. The van der Waals surface area contributed by atoms with Gasteiger partial charge in [-0.1, -0.05) is 18.2 Å². The van der Waals surface area contributed by atoms with Crippen LogP contribution in [0.5, 0.6) is 0 Å². The first-order valence-corrected chi connectivity index (χ1v) is 12.1. The Hall–Kier alpha value is -2.29. The molecule has 2 heterocycles. The lowest BCUT2D eigenvalue weighted by molar-refractivity contribution is -0.119. The van der Waals surface area contributed by atoms with Crippen LogP contribution >= 0.6 is 0 Å². The Morgan fingerprint density at radius 2 is 1.68 bits per heavy atom. The van der Waals surface area contributed by atoms with Gasteiger partial charge >= 0.3 is 0 Å². The number of nitrogens with one attached hydrogen (secondary N) is 1. The predicted octanol–water partition coefficient (Wildman–Crippen LogP) is 3.19. The van der Waals surface area contributed by atoms with Gasteiger partial charge in [0.05, 0.1) is 10.8 Å². The topological polar surface area (TPSA) is 69.7 Å². The number of likely N-dealkylation sites (tertiary alicyclic amines) is 1. The number of carbonyl (C=O) groups excluding carboxylic acids is 1. The summed E-state index contributed by atoms with van der Waals surface area (Å²) >= 11 is 0. The van der Waals surface area contributed by atoms with Gasteiger partial charge in [0.15, 0.2) is 0 Å². The summed E-state index contributed by atoms with van der Waals surface area (Å²) < 4.78 is 40.4. The Morgan fingerprint density at radius 3 is 2.32 bits per heavy atom. The minimum atomic E-state index is -3.46. The number of benzene rings is 2. The van der Waals surface area contributed by atoms with Crippen LogP contribution in [-0.4, -0.2) is 56.3 Å². The molecule has 2 atom stereocenters. The number of hydrogen-bond acceptors (Lipinski definition) is 4. The van der Waals surface area contributed by atoms with Crippen LogP contribution in [0.15, 0.2) is 59.5 Å². The minimum Gasteiger partial charge on any atom is -0.326 e. The Morgan fingerprint density at radius 1 is 1.03 bits per heavy atom. The van der Waals surface area contributed by atoms with Gasteiger partial charge in [-0.3, -0.25) is 4.79 Å². The van der Waals surface area contributed by atoms with E-state index in [-0.39, 0.29) is 23.7 Å². The van der Waals surface area contributed by atoms with Crippen LogP contribution in [0, 0.1) is 17.7 Å². The number of hydrogen-bond donors (Lipinski definition) is 1. The summed E-state index contributed by atoms with van der Waals surface area (Å²) in [6.07, 6.45) is 2.32. The van der Waals surface area contributed by atoms with Gasteiger partial charge in [-0.25, -0.2) is 12.8 Å². The summed E-state index contributed by atoms with van der Waals surface area (Å²) in [5, 5.41) is 2.88. The van der Waals surface area contributed by atoms with Crippen LogP contribution in [0.1, 0.15) is 19.3 Å². The molecule has 2 aromatic rings. The average molecular weight is 446 g/mol. The highest BCUT2D eigenvalue weighted by molar-refractivity contribution is 7.89. The van der Waals surface area contributed by atoms with Gasteiger partial charge in [-0.2, -0.15) is 4.31 Å². The number of nitrogens with zero attached hydrogens (tertiary/aromatic N) is 2. The molecule has 31 heavy (non-hydrogen) atoms. The molecule has 0 radical (unpaired) electrons. The van der Waals surface area contributed by atoms with E-state index in [4.69, 9.17) is 0 Å². The summed E-state index contributed by atoms with van der Waals surface area (Å²) in [6.45, 7) is 1.66. The molecule has 2 aliphatic rings. The molecule has 0 spiro atoms. The number of carbonyl (C=O) groups is 1. The largest absolute Gasteiger partial charge is 0.326 e. The van der Waals surface area contributed by atoms with E-state index in [1.807, 2.05) is 13.1 Å². The second-order valence-electron chi connectivity index (χ2n) is 8.49. The third-order valence-electron chi connectivity index (χ3n) is 6.51. The number of rotatable bonds is 5. The maximum Gasteiger partial charge on any atom is 0.243 e. The van der Waals surface area contributed by atoms with E-state index >= 15 is 0 Å². The highest BCUT2D eigenvalue weighted by Crippen LogP contribution is 2.34. The van der Waals surface area contributed by atoms with E-state index in [1.165, 1.54) is 12.1 Å². The van der Waals surface area contributed by atoms with Crippen molar-refractivity contribution in [3.63, 3.8) is 0 Å². The van der Waals surface area contributed by atoms with E-state index in [1.54, 1.807) is 40.7 Å². The Labute approximate surface area is 183 Å². The van der Waals surface area contributed by atoms with E-state index in [2.05, 4.69) is 10.2 Å². The van der Waals surface area contributed by atoms with Gasteiger partial charge in [0.25, 0.3) is 0 Å². The molecule has 2 saturated heterocycles. The fraction of sp³-hybridized carbons (Fsp3) is 0.435. The molecular formula is C23H28FN3O3S. The summed E-state index contributed by atoms with van der Waals surface area (Å²) in [4.78, 5) is 15.3. The van der Waals surface area contributed by atoms with Crippen molar-refractivity contribution in [1.29, 1.82) is 0 Å². The molecule has 2 fully saturated rings. The van der Waals surface area contributed by atoms with Crippen LogP contribution in [0.25, 0.3) is 0 Å². The lowest BCUT2D eigenvalue weighted by Crippen LogP contribution is -2.43. The smallest absolute Gasteiger partial charge is 0.243 e. The number of sulfonamides is 1. The fourth-order valence-electron chi connectivity index (χ4n) is 4.79. The molecule has 166 valence electrons. The summed E-state index contributed by atoms with van der Waals surface area (Å²) in [7, 11) is -1.42.